The highest BCUT2D eigenvalue weighted by Crippen LogP contribution is 2.30. The molecule has 2 aromatic rings. The van der Waals surface area contributed by atoms with Gasteiger partial charge in [0.15, 0.2) is 0 Å². The van der Waals surface area contributed by atoms with Gasteiger partial charge in [-0.1, -0.05) is 13.8 Å². The molecule has 0 aliphatic carbocycles. The summed E-state index contributed by atoms with van der Waals surface area (Å²) in [5, 5.41) is 1.27. The van der Waals surface area contributed by atoms with Crippen LogP contribution < -0.4 is 10.5 Å². The monoisotopic (exact) mass is 232 g/mol. The lowest BCUT2D eigenvalue weighted by Gasteiger charge is -2.04. The molecule has 2 rings (SSSR count). The molecule has 1 aromatic heterocycles. The van der Waals surface area contributed by atoms with E-state index in [0.717, 1.165) is 12.3 Å². The van der Waals surface area contributed by atoms with Gasteiger partial charge in [-0.2, -0.15) is 0 Å². The van der Waals surface area contributed by atoms with Crippen LogP contribution in [0, 0.1) is 0 Å². The van der Waals surface area contributed by atoms with Crippen molar-refractivity contribution in [3.8, 4) is 5.75 Å². The van der Waals surface area contributed by atoms with Crippen molar-refractivity contribution in [2.75, 3.05) is 13.7 Å². The van der Waals surface area contributed by atoms with Crippen LogP contribution >= 0.6 is 0 Å². The van der Waals surface area contributed by atoms with E-state index in [-0.39, 0.29) is 0 Å². The Balaban J connectivity index is 2.63. The number of nitrogens with zero attached hydrogens (tertiary/aromatic N) is 1. The number of hydrogen-bond donors (Lipinski definition) is 1. The highest BCUT2D eigenvalue weighted by molar-refractivity contribution is 5.86. The van der Waals surface area contributed by atoms with E-state index in [0.29, 0.717) is 12.5 Å². The molecular weight excluding hydrogens is 212 g/mol. The van der Waals surface area contributed by atoms with Crippen LogP contribution in [0.2, 0.25) is 0 Å². The van der Waals surface area contributed by atoms with Gasteiger partial charge in [-0.25, -0.2) is 0 Å². The molecule has 17 heavy (non-hydrogen) atoms. The molecule has 0 spiro atoms. The summed E-state index contributed by atoms with van der Waals surface area (Å²) in [6.45, 7) is 5.94. The molecule has 0 aliphatic heterocycles. The van der Waals surface area contributed by atoms with E-state index in [4.69, 9.17) is 10.5 Å². The molecule has 92 valence electrons. The van der Waals surface area contributed by atoms with Crippen molar-refractivity contribution < 1.29 is 4.74 Å². The molecule has 0 saturated carbocycles. The molecule has 0 aliphatic rings. The lowest BCUT2D eigenvalue weighted by molar-refractivity contribution is 0.415. The molecule has 0 saturated heterocycles. The highest BCUT2D eigenvalue weighted by atomic mass is 16.5. The Kier molecular flexibility index (Phi) is 3.38. The summed E-state index contributed by atoms with van der Waals surface area (Å²) in [6.07, 6.45) is 2.21. The lowest BCUT2D eigenvalue weighted by atomic mass is 10.0. The first-order chi connectivity index (χ1) is 8.17. The van der Waals surface area contributed by atoms with Gasteiger partial charge < -0.3 is 15.0 Å². The van der Waals surface area contributed by atoms with Gasteiger partial charge in [0.25, 0.3) is 0 Å². The quantitative estimate of drug-likeness (QED) is 0.880. The standard InChI is InChI=1S/C14H20N2O/c1-10(2)13-9-16(7-6-15)14-5-4-11(17-3)8-12(13)14/h4-5,8-10H,6-7,15H2,1-3H3. The van der Waals surface area contributed by atoms with Crippen molar-refractivity contribution in [3.05, 3.63) is 30.0 Å². The van der Waals surface area contributed by atoms with Crippen LogP contribution in [0.5, 0.6) is 5.75 Å². The van der Waals surface area contributed by atoms with Crippen molar-refractivity contribution in [2.45, 2.75) is 26.3 Å². The fourth-order valence-corrected chi connectivity index (χ4v) is 2.21. The minimum atomic E-state index is 0.503. The Morgan fingerprint density at radius 3 is 2.71 bits per heavy atom. The number of hydrogen-bond acceptors (Lipinski definition) is 2. The highest BCUT2D eigenvalue weighted by Gasteiger charge is 2.11. The topological polar surface area (TPSA) is 40.2 Å². The average Bonchev–Trinajstić information content (AvgIpc) is 2.68. The van der Waals surface area contributed by atoms with Gasteiger partial charge in [0.1, 0.15) is 5.75 Å². The Morgan fingerprint density at radius 1 is 1.35 bits per heavy atom. The minimum Gasteiger partial charge on any atom is -0.497 e. The molecule has 0 amide bonds. The molecule has 2 N–H and O–H groups in total. The van der Waals surface area contributed by atoms with Crippen LogP contribution in [0.4, 0.5) is 0 Å². The predicted molar refractivity (Wildman–Crippen MR) is 71.6 cm³/mol. The van der Waals surface area contributed by atoms with E-state index in [2.05, 4.69) is 36.7 Å². The first-order valence-electron chi connectivity index (χ1n) is 6.04. The fraction of sp³-hybridized carbons (Fsp3) is 0.429. The molecule has 0 fully saturated rings. The van der Waals surface area contributed by atoms with Crippen LogP contribution in [0.25, 0.3) is 10.9 Å². The molecule has 3 heteroatoms. The van der Waals surface area contributed by atoms with Crippen molar-refractivity contribution in [1.29, 1.82) is 0 Å². The van der Waals surface area contributed by atoms with Gasteiger partial charge >= 0.3 is 0 Å². The second-order valence-corrected chi connectivity index (χ2v) is 4.60. The maximum atomic E-state index is 5.65. The van der Waals surface area contributed by atoms with Gasteiger partial charge in [-0.3, -0.25) is 0 Å². The van der Waals surface area contributed by atoms with Crippen molar-refractivity contribution in [2.24, 2.45) is 5.73 Å². The molecule has 1 heterocycles. The first-order valence-corrected chi connectivity index (χ1v) is 6.04. The largest absolute Gasteiger partial charge is 0.497 e. The lowest BCUT2D eigenvalue weighted by Crippen LogP contribution is -2.08. The molecular formula is C14H20N2O. The number of fused-ring (bicyclic) bond motifs is 1. The zero-order valence-electron chi connectivity index (χ0n) is 10.7. The summed E-state index contributed by atoms with van der Waals surface area (Å²) < 4.78 is 7.52. The molecule has 3 nitrogen and oxygen atoms in total. The summed E-state index contributed by atoms with van der Waals surface area (Å²) >= 11 is 0. The number of nitrogens with two attached hydrogens (primary N) is 1. The van der Waals surface area contributed by atoms with E-state index < -0.39 is 0 Å². The van der Waals surface area contributed by atoms with Gasteiger partial charge in [0, 0.05) is 30.2 Å². The second-order valence-electron chi connectivity index (χ2n) is 4.60. The zero-order valence-corrected chi connectivity index (χ0v) is 10.7. The molecule has 0 unspecified atom stereocenters. The van der Waals surface area contributed by atoms with Crippen LogP contribution in [-0.4, -0.2) is 18.2 Å². The van der Waals surface area contributed by atoms with Crippen molar-refractivity contribution >= 4 is 10.9 Å². The third-order valence-corrected chi connectivity index (χ3v) is 3.11. The zero-order chi connectivity index (χ0) is 12.4. The Bertz CT molecular complexity index is 514. The molecule has 0 radical (unpaired) electrons. The Morgan fingerprint density at radius 2 is 2.12 bits per heavy atom. The molecule has 0 atom stereocenters. The number of benzene rings is 1. The van der Waals surface area contributed by atoms with Gasteiger partial charge in [-0.05, 0) is 29.7 Å². The molecule has 0 bridgehead atoms. The van der Waals surface area contributed by atoms with E-state index >= 15 is 0 Å². The van der Waals surface area contributed by atoms with E-state index in [1.54, 1.807) is 7.11 Å². The number of aromatic nitrogens is 1. The van der Waals surface area contributed by atoms with Crippen LogP contribution in [-0.2, 0) is 6.54 Å². The van der Waals surface area contributed by atoms with Gasteiger partial charge in [0.2, 0.25) is 0 Å². The summed E-state index contributed by atoms with van der Waals surface area (Å²) in [7, 11) is 1.70. The summed E-state index contributed by atoms with van der Waals surface area (Å²) in [5.41, 5.74) is 8.24. The maximum absolute atomic E-state index is 5.65. The van der Waals surface area contributed by atoms with Crippen molar-refractivity contribution in [1.82, 2.24) is 4.57 Å². The van der Waals surface area contributed by atoms with Crippen LogP contribution in [0.3, 0.4) is 0 Å². The SMILES string of the molecule is COc1ccc2c(c1)c(C(C)C)cn2CCN. The maximum Gasteiger partial charge on any atom is 0.119 e. The number of ether oxygens (including phenoxy) is 1. The van der Waals surface area contributed by atoms with Gasteiger partial charge in [0.05, 0.1) is 7.11 Å². The van der Waals surface area contributed by atoms with E-state index in [1.807, 2.05) is 6.07 Å². The second kappa shape index (κ2) is 4.80. The number of methoxy groups -OCH3 is 1. The molecule has 1 aromatic carbocycles. The average molecular weight is 232 g/mol. The van der Waals surface area contributed by atoms with Crippen molar-refractivity contribution in [3.63, 3.8) is 0 Å². The predicted octanol–water partition coefficient (Wildman–Crippen LogP) is 2.73. The van der Waals surface area contributed by atoms with E-state index in [9.17, 15) is 0 Å². The van der Waals surface area contributed by atoms with Gasteiger partial charge in [-0.15, -0.1) is 0 Å². The number of rotatable bonds is 4. The summed E-state index contributed by atoms with van der Waals surface area (Å²) in [4.78, 5) is 0. The Hall–Kier alpha value is -1.48. The summed E-state index contributed by atoms with van der Waals surface area (Å²) in [5.74, 6) is 1.41. The van der Waals surface area contributed by atoms with E-state index in [1.165, 1.54) is 16.5 Å². The first kappa shape index (κ1) is 12.0. The Labute approximate surface area is 102 Å². The summed E-state index contributed by atoms with van der Waals surface area (Å²) in [6, 6.07) is 6.22. The third-order valence-electron chi connectivity index (χ3n) is 3.11. The third kappa shape index (κ3) is 2.15. The fourth-order valence-electron chi connectivity index (χ4n) is 2.21. The normalized spacial score (nSPS) is 11.4. The smallest absolute Gasteiger partial charge is 0.119 e. The minimum absolute atomic E-state index is 0.503. The van der Waals surface area contributed by atoms with Crippen LogP contribution in [0.15, 0.2) is 24.4 Å². The van der Waals surface area contributed by atoms with Crippen LogP contribution in [0.1, 0.15) is 25.3 Å².